The lowest BCUT2D eigenvalue weighted by Gasteiger charge is -2.05. The van der Waals surface area contributed by atoms with Crippen LogP contribution in [0.2, 0.25) is 0 Å². The van der Waals surface area contributed by atoms with Crippen molar-refractivity contribution in [3.05, 3.63) is 16.4 Å². The first kappa shape index (κ1) is 17.7. The molecule has 0 aliphatic rings. The SMILES string of the molecule is CCCCCCOC(=O)CCCNC(=O)c1cc(Br)no1. The fraction of sp³-hybridized carbons (Fsp3) is 0.643. The summed E-state index contributed by atoms with van der Waals surface area (Å²) in [6, 6.07) is 1.49. The first-order valence-electron chi connectivity index (χ1n) is 7.19. The van der Waals surface area contributed by atoms with E-state index in [1.54, 1.807) is 0 Å². The highest BCUT2D eigenvalue weighted by Gasteiger charge is 2.11. The van der Waals surface area contributed by atoms with Crippen LogP contribution in [0.25, 0.3) is 0 Å². The molecule has 1 N–H and O–H groups in total. The van der Waals surface area contributed by atoms with Crippen molar-refractivity contribution in [2.45, 2.75) is 45.4 Å². The van der Waals surface area contributed by atoms with Gasteiger partial charge in [0.05, 0.1) is 6.61 Å². The normalized spacial score (nSPS) is 10.4. The Morgan fingerprint density at radius 2 is 2.14 bits per heavy atom. The second-order valence-corrected chi connectivity index (χ2v) is 5.47. The fourth-order valence-corrected chi connectivity index (χ4v) is 1.95. The maximum atomic E-state index is 11.6. The van der Waals surface area contributed by atoms with Crippen molar-refractivity contribution >= 4 is 27.8 Å². The number of unbranched alkanes of at least 4 members (excludes halogenated alkanes) is 3. The van der Waals surface area contributed by atoms with Gasteiger partial charge in [0.25, 0.3) is 5.91 Å². The molecule has 7 heteroatoms. The van der Waals surface area contributed by atoms with E-state index in [2.05, 4.69) is 33.3 Å². The number of nitrogens with zero attached hydrogens (tertiary/aromatic N) is 1. The minimum Gasteiger partial charge on any atom is -0.466 e. The Kier molecular flexibility index (Phi) is 8.73. The molecule has 0 saturated carbocycles. The minimum atomic E-state index is -0.346. The summed E-state index contributed by atoms with van der Waals surface area (Å²) in [4.78, 5) is 23.0. The van der Waals surface area contributed by atoms with E-state index in [4.69, 9.17) is 9.26 Å². The average molecular weight is 361 g/mol. The van der Waals surface area contributed by atoms with Crippen LogP contribution in [0.4, 0.5) is 0 Å². The summed E-state index contributed by atoms with van der Waals surface area (Å²) in [5, 5.41) is 6.21. The Balaban J connectivity index is 2.03. The van der Waals surface area contributed by atoms with Gasteiger partial charge in [-0.05, 0) is 28.8 Å². The van der Waals surface area contributed by atoms with Crippen LogP contribution in [0.15, 0.2) is 15.2 Å². The van der Waals surface area contributed by atoms with Crippen molar-refractivity contribution in [3.63, 3.8) is 0 Å². The van der Waals surface area contributed by atoms with Crippen LogP contribution in [-0.4, -0.2) is 30.2 Å². The third kappa shape index (κ3) is 7.84. The molecule has 0 bridgehead atoms. The van der Waals surface area contributed by atoms with Crippen LogP contribution in [-0.2, 0) is 9.53 Å². The Hall–Kier alpha value is -1.37. The van der Waals surface area contributed by atoms with Crippen LogP contribution < -0.4 is 5.32 Å². The molecule has 1 aromatic heterocycles. The van der Waals surface area contributed by atoms with Crippen molar-refractivity contribution in [1.82, 2.24) is 10.5 Å². The Morgan fingerprint density at radius 1 is 1.33 bits per heavy atom. The van der Waals surface area contributed by atoms with Crippen LogP contribution in [0.1, 0.15) is 56.0 Å². The van der Waals surface area contributed by atoms with E-state index in [0.29, 0.717) is 30.6 Å². The highest BCUT2D eigenvalue weighted by Crippen LogP contribution is 2.09. The molecular weight excluding hydrogens is 340 g/mol. The first-order valence-corrected chi connectivity index (χ1v) is 7.98. The quantitative estimate of drug-likeness (QED) is 0.512. The molecule has 0 spiro atoms. The van der Waals surface area contributed by atoms with Gasteiger partial charge in [-0.3, -0.25) is 9.59 Å². The van der Waals surface area contributed by atoms with E-state index in [9.17, 15) is 9.59 Å². The maximum Gasteiger partial charge on any atom is 0.305 e. The molecule has 1 heterocycles. The predicted molar refractivity (Wildman–Crippen MR) is 80.9 cm³/mol. The van der Waals surface area contributed by atoms with E-state index in [0.717, 1.165) is 19.3 Å². The Labute approximate surface area is 132 Å². The molecular formula is C14H21BrN2O4. The Bertz CT molecular complexity index is 448. The lowest BCUT2D eigenvalue weighted by atomic mass is 10.2. The van der Waals surface area contributed by atoms with Gasteiger partial charge in [0.2, 0.25) is 5.76 Å². The smallest absolute Gasteiger partial charge is 0.305 e. The number of rotatable bonds is 10. The number of carbonyl (C=O) groups excluding carboxylic acids is 2. The topological polar surface area (TPSA) is 81.4 Å². The average Bonchev–Trinajstić information content (AvgIpc) is 2.90. The summed E-state index contributed by atoms with van der Waals surface area (Å²) in [6.07, 6.45) is 5.17. The van der Waals surface area contributed by atoms with Crippen molar-refractivity contribution in [2.75, 3.05) is 13.2 Å². The van der Waals surface area contributed by atoms with Crippen molar-refractivity contribution < 1.29 is 18.8 Å². The molecule has 0 atom stereocenters. The maximum absolute atomic E-state index is 11.6. The van der Waals surface area contributed by atoms with Gasteiger partial charge in [-0.2, -0.15) is 0 Å². The zero-order chi connectivity index (χ0) is 15.5. The number of aromatic nitrogens is 1. The summed E-state index contributed by atoms with van der Waals surface area (Å²) >= 11 is 3.09. The standard InChI is InChI=1S/C14H21BrN2O4/c1-2-3-4-5-9-20-13(18)7-6-8-16-14(19)11-10-12(15)17-21-11/h10H,2-9H2,1H3,(H,16,19). The second-order valence-electron chi connectivity index (χ2n) is 4.65. The number of nitrogens with one attached hydrogen (secondary N) is 1. The summed E-state index contributed by atoms with van der Waals surface area (Å²) in [6.45, 7) is 3.01. The molecule has 0 aliphatic carbocycles. The third-order valence-corrected chi connectivity index (χ3v) is 3.18. The summed E-state index contributed by atoms with van der Waals surface area (Å²) in [7, 11) is 0. The third-order valence-electron chi connectivity index (χ3n) is 2.81. The van der Waals surface area contributed by atoms with Gasteiger partial charge in [0.15, 0.2) is 0 Å². The van der Waals surface area contributed by atoms with Crippen LogP contribution in [0, 0.1) is 0 Å². The van der Waals surface area contributed by atoms with Crippen molar-refractivity contribution in [2.24, 2.45) is 0 Å². The molecule has 1 amide bonds. The highest BCUT2D eigenvalue weighted by molar-refractivity contribution is 9.10. The number of hydrogen-bond acceptors (Lipinski definition) is 5. The van der Waals surface area contributed by atoms with E-state index < -0.39 is 0 Å². The summed E-state index contributed by atoms with van der Waals surface area (Å²) in [5.74, 6) is -0.426. The van der Waals surface area contributed by atoms with Gasteiger partial charge >= 0.3 is 5.97 Å². The van der Waals surface area contributed by atoms with Crippen LogP contribution in [0.3, 0.4) is 0 Å². The minimum absolute atomic E-state index is 0.139. The van der Waals surface area contributed by atoms with Crippen LogP contribution in [0.5, 0.6) is 0 Å². The van der Waals surface area contributed by atoms with E-state index in [-0.39, 0.29) is 17.6 Å². The molecule has 0 saturated heterocycles. The van der Waals surface area contributed by atoms with Gasteiger partial charge in [0.1, 0.15) is 4.60 Å². The molecule has 6 nitrogen and oxygen atoms in total. The van der Waals surface area contributed by atoms with Gasteiger partial charge in [0, 0.05) is 19.0 Å². The van der Waals surface area contributed by atoms with Gasteiger partial charge in [-0.15, -0.1) is 0 Å². The first-order chi connectivity index (χ1) is 10.1. The molecule has 0 aliphatic heterocycles. The summed E-state index contributed by atoms with van der Waals surface area (Å²) in [5.41, 5.74) is 0. The predicted octanol–water partition coefficient (Wildman–Crippen LogP) is 3.07. The molecule has 0 unspecified atom stereocenters. The summed E-state index contributed by atoms with van der Waals surface area (Å²) < 4.78 is 10.4. The lowest BCUT2D eigenvalue weighted by Crippen LogP contribution is -2.24. The molecule has 0 radical (unpaired) electrons. The largest absolute Gasteiger partial charge is 0.466 e. The molecule has 1 rings (SSSR count). The molecule has 21 heavy (non-hydrogen) atoms. The number of ether oxygens (including phenoxy) is 1. The molecule has 0 fully saturated rings. The number of amides is 1. The second kappa shape index (κ2) is 10.4. The zero-order valence-corrected chi connectivity index (χ0v) is 13.8. The molecule has 0 aromatic carbocycles. The monoisotopic (exact) mass is 360 g/mol. The number of hydrogen-bond donors (Lipinski definition) is 1. The molecule has 1 aromatic rings. The van der Waals surface area contributed by atoms with Crippen molar-refractivity contribution in [3.8, 4) is 0 Å². The van der Waals surface area contributed by atoms with Crippen LogP contribution >= 0.6 is 15.9 Å². The van der Waals surface area contributed by atoms with Crippen molar-refractivity contribution in [1.29, 1.82) is 0 Å². The van der Waals surface area contributed by atoms with E-state index in [1.165, 1.54) is 12.5 Å². The van der Waals surface area contributed by atoms with Gasteiger partial charge in [-0.1, -0.05) is 31.3 Å². The number of halogens is 1. The number of carbonyl (C=O) groups is 2. The highest BCUT2D eigenvalue weighted by atomic mass is 79.9. The number of esters is 1. The zero-order valence-electron chi connectivity index (χ0n) is 12.2. The van der Waals surface area contributed by atoms with Gasteiger partial charge in [-0.25, -0.2) is 0 Å². The molecule has 118 valence electrons. The van der Waals surface area contributed by atoms with E-state index in [1.807, 2.05) is 0 Å². The van der Waals surface area contributed by atoms with Gasteiger partial charge < -0.3 is 14.6 Å². The fourth-order valence-electron chi connectivity index (χ4n) is 1.67. The Morgan fingerprint density at radius 3 is 2.81 bits per heavy atom. The lowest BCUT2D eigenvalue weighted by molar-refractivity contribution is -0.143. The van der Waals surface area contributed by atoms with E-state index >= 15 is 0 Å².